The third-order valence-electron chi connectivity index (χ3n) is 3.30. The Labute approximate surface area is 116 Å². The first-order chi connectivity index (χ1) is 9.38. The molecule has 6 heteroatoms. The summed E-state index contributed by atoms with van der Waals surface area (Å²) >= 11 is 0. The van der Waals surface area contributed by atoms with Gasteiger partial charge in [0.15, 0.2) is 0 Å². The van der Waals surface area contributed by atoms with E-state index in [9.17, 15) is 18.7 Å². The van der Waals surface area contributed by atoms with Crippen LogP contribution in [0, 0.1) is 11.6 Å². The molecule has 3 atom stereocenters. The number of morpholine rings is 1. The van der Waals surface area contributed by atoms with Gasteiger partial charge in [-0.25, -0.2) is 8.78 Å². The van der Waals surface area contributed by atoms with Gasteiger partial charge in [0.2, 0.25) is 0 Å². The maximum atomic E-state index is 13.8. The van der Waals surface area contributed by atoms with E-state index in [0.717, 1.165) is 6.07 Å². The molecule has 0 saturated carbocycles. The highest BCUT2D eigenvalue weighted by molar-refractivity contribution is 5.75. The molecule has 20 heavy (non-hydrogen) atoms. The van der Waals surface area contributed by atoms with Crippen molar-refractivity contribution in [1.29, 1.82) is 0 Å². The van der Waals surface area contributed by atoms with Gasteiger partial charge in [-0.05, 0) is 19.9 Å². The van der Waals surface area contributed by atoms with Crippen LogP contribution >= 0.6 is 0 Å². The first-order valence-electron chi connectivity index (χ1n) is 6.45. The topological polar surface area (TPSA) is 49.8 Å². The van der Waals surface area contributed by atoms with Crippen molar-refractivity contribution < 1.29 is 23.4 Å². The SMILES string of the molecule is CC1CN(C(C(=O)O)c2ccc(F)cc2F)CC(C)O1. The molecule has 0 aromatic heterocycles. The number of hydrogen-bond acceptors (Lipinski definition) is 3. The van der Waals surface area contributed by atoms with Crippen LogP contribution in [0.25, 0.3) is 0 Å². The summed E-state index contributed by atoms with van der Waals surface area (Å²) < 4.78 is 32.3. The second-order valence-electron chi connectivity index (χ2n) is 5.12. The summed E-state index contributed by atoms with van der Waals surface area (Å²) in [6.07, 6.45) is -0.270. The molecule has 1 heterocycles. The molecule has 1 aromatic carbocycles. The summed E-state index contributed by atoms with van der Waals surface area (Å²) in [6, 6.07) is 1.83. The van der Waals surface area contributed by atoms with E-state index in [-0.39, 0.29) is 17.8 Å². The highest BCUT2D eigenvalue weighted by Crippen LogP contribution is 2.27. The summed E-state index contributed by atoms with van der Waals surface area (Å²) in [4.78, 5) is 13.2. The quantitative estimate of drug-likeness (QED) is 0.925. The summed E-state index contributed by atoms with van der Waals surface area (Å²) in [5.41, 5.74) is -0.0276. The Kier molecular flexibility index (Phi) is 4.35. The summed E-state index contributed by atoms with van der Waals surface area (Å²) in [7, 11) is 0. The van der Waals surface area contributed by atoms with Crippen molar-refractivity contribution in [2.24, 2.45) is 0 Å². The summed E-state index contributed by atoms with van der Waals surface area (Å²) in [6.45, 7) is 4.45. The Bertz CT molecular complexity index is 499. The van der Waals surface area contributed by atoms with E-state index in [2.05, 4.69) is 0 Å². The number of benzene rings is 1. The Morgan fingerprint density at radius 1 is 1.35 bits per heavy atom. The molecular weight excluding hydrogens is 268 g/mol. The van der Waals surface area contributed by atoms with Crippen molar-refractivity contribution >= 4 is 5.97 Å². The molecule has 2 rings (SSSR count). The molecule has 0 aliphatic carbocycles. The van der Waals surface area contributed by atoms with Gasteiger partial charge in [-0.3, -0.25) is 9.69 Å². The Hall–Kier alpha value is -1.53. The molecule has 1 saturated heterocycles. The van der Waals surface area contributed by atoms with Crippen LogP contribution in [0.1, 0.15) is 25.5 Å². The number of halogens is 2. The van der Waals surface area contributed by atoms with Crippen LogP contribution in [0.2, 0.25) is 0 Å². The van der Waals surface area contributed by atoms with Crippen molar-refractivity contribution in [2.75, 3.05) is 13.1 Å². The number of nitrogens with zero attached hydrogens (tertiary/aromatic N) is 1. The summed E-state index contributed by atoms with van der Waals surface area (Å²) in [5.74, 6) is -2.72. The Morgan fingerprint density at radius 2 is 1.95 bits per heavy atom. The lowest BCUT2D eigenvalue weighted by Gasteiger charge is -2.38. The Morgan fingerprint density at radius 3 is 2.45 bits per heavy atom. The zero-order chi connectivity index (χ0) is 14.9. The number of aliphatic carboxylic acids is 1. The van der Waals surface area contributed by atoms with Crippen LogP contribution < -0.4 is 0 Å². The maximum absolute atomic E-state index is 13.8. The lowest BCUT2D eigenvalue weighted by atomic mass is 10.0. The number of carboxylic acid groups (broad SMARTS) is 1. The fraction of sp³-hybridized carbons (Fsp3) is 0.500. The van der Waals surface area contributed by atoms with Crippen molar-refractivity contribution in [3.63, 3.8) is 0 Å². The number of hydrogen-bond donors (Lipinski definition) is 1. The second-order valence-corrected chi connectivity index (χ2v) is 5.12. The van der Waals surface area contributed by atoms with E-state index in [1.807, 2.05) is 13.8 Å². The molecular formula is C14H17F2NO3. The van der Waals surface area contributed by atoms with Gasteiger partial charge in [0.05, 0.1) is 12.2 Å². The van der Waals surface area contributed by atoms with E-state index in [1.54, 1.807) is 4.90 Å². The molecule has 0 radical (unpaired) electrons. The third-order valence-corrected chi connectivity index (χ3v) is 3.30. The second kappa shape index (κ2) is 5.85. The van der Waals surface area contributed by atoms with E-state index in [0.29, 0.717) is 19.2 Å². The fourth-order valence-corrected chi connectivity index (χ4v) is 2.64. The van der Waals surface area contributed by atoms with Gasteiger partial charge in [-0.1, -0.05) is 6.07 Å². The molecule has 1 aromatic rings. The molecule has 4 nitrogen and oxygen atoms in total. The number of rotatable bonds is 3. The van der Waals surface area contributed by atoms with Gasteiger partial charge >= 0.3 is 5.97 Å². The van der Waals surface area contributed by atoms with Gasteiger partial charge in [-0.2, -0.15) is 0 Å². The maximum Gasteiger partial charge on any atom is 0.325 e. The first-order valence-corrected chi connectivity index (χ1v) is 6.45. The molecule has 0 bridgehead atoms. The molecule has 1 aliphatic heterocycles. The van der Waals surface area contributed by atoms with Gasteiger partial charge < -0.3 is 9.84 Å². The average Bonchev–Trinajstić information content (AvgIpc) is 2.30. The smallest absolute Gasteiger partial charge is 0.325 e. The minimum Gasteiger partial charge on any atom is -0.480 e. The molecule has 1 N–H and O–H groups in total. The molecule has 1 aliphatic rings. The zero-order valence-corrected chi connectivity index (χ0v) is 11.3. The first kappa shape index (κ1) is 14.9. The van der Waals surface area contributed by atoms with E-state index in [1.165, 1.54) is 6.07 Å². The van der Waals surface area contributed by atoms with Crippen molar-refractivity contribution in [2.45, 2.75) is 32.1 Å². The van der Waals surface area contributed by atoms with Crippen LogP contribution in [0.4, 0.5) is 8.78 Å². The standard InChI is InChI=1S/C14H17F2NO3/c1-8-6-17(7-9(2)20-8)13(14(18)19)11-4-3-10(15)5-12(11)16/h3-5,8-9,13H,6-7H2,1-2H3,(H,18,19). The monoisotopic (exact) mass is 285 g/mol. The number of ether oxygens (including phenoxy) is 1. The van der Waals surface area contributed by atoms with Crippen LogP contribution in [0.15, 0.2) is 18.2 Å². The van der Waals surface area contributed by atoms with E-state index >= 15 is 0 Å². The lowest BCUT2D eigenvalue weighted by Crippen LogP contribution is -2.49. The van der Waals surface area contributed by atoms with Gasteiger partial charge in [0.1, 0.15) is 17.7 Å². The number of carboxylic acids is 1. The minimum absolute atomic E-state index is 0.0276. The van der Waals surface area contributed by atoms with E-state index in [4.69, 9.17) is 4.74 Å². The van der Waals surface area contributed by atoms with Gasteiger partial charge in [0.25, 0.3) is 0 Å². The van der Waals surface area contributed by atoms with Crippen LogP contribution in [-0.4, -0.2) is 41.3 Å². The lowest BCUT2D eigenvalue weighted by molar-refractivity contribution is -0.149. The zero-order valence-electron chi connectivity index (χ0n) is 11.3. The molecule has 3 unspecified atom stereocenters. The highest BCUT2D eigenvalue weighted by atomic mass is 19.1. The predicted octanol–water partition coefficient (Wildman–Crippen LogP) is 2.20. The largest absolute Gasteiger partial charge is 0.480 e. The molecule has 0 amide bonds. The van der Waals surface area contributed by atoms with Crippen molar-refractivity contribution in [3.05, 3.63) is 35.4 Å². The molecule has 110 valence electrons. The Balaban J connectivity index is 2.33. The number of carbonyl (C=O) groups is 1. The van der Waals surface area contributed by atoms with Crippen LogP contribution in [0.5, 0.6) is 0 Å². The fourth-order valence-electron chi connectivity index (χ4n) is 2.64. The van der Waals surface area contributed by atoms with Crippen LogP contribution in [-0.2, 0) is 9.53 Å². The normalized spacial score (nSPS) is 25.4. The molecule has 1 fully saturated rings. The third kappa shape index (κ3) is 3.13. The van der Waals surface area contributed by atoms with Crippen LogP contribution in [0.3, 0.4) is 0 Å². The minimum atomic E-state index is -1.16. The molecule has 0 spiro atoms. The highest BCUT2D eigenvalue weighted by Gasteiger charge is 2.34. The van der Waals surface area contributed by atoms with Gasteiger partial charge in [0, 0.05) is 24.7 Å². The summed E-state index contributed by atoms with van der Waals surface area (Å²) in [5, 5.41) is 9.40. The van der Waals surface area contributed by atoms with E-state index < -0.39 is 23.6 Å². The average molecular weight is 285 g/mol. The van der Waals surface area contributed by atoms with Crippen molar-refractivity contribution in [1.82, 2.24) is 4.90 Å². The predicted molar refractivity (Wildman–Crippen MR) is 68.3 cm³/mol. The van der Waals surface area contributed by atoms with Gasteiger partial charge in [-0.15, -0.1) is 0 Å². The van der Waals surface area contributed by atoms with Crippen molar-refractivity contribution in [3.8, 4) is 0 Å².